The Hall–Kier alpha value is -3.72. The number of oxime groups is 1. The van der Waals surface area contributed by atoms with E-state index >= 15 is 0 Å². The van der Waals surface area contributed by atoms with E-state index in [-0.39, 0.29) is 34.5 Å². The van der Waals surface area contributed by atoms with Crippen molar-refractivity contribution < 1.29 is 37.3 Å². The van der Waals surface area contributed by atoms with Crippen LogP contribution in [0.4, 0.5) is 5.13 Å². The van der Waals surface area contributed by atoms with Crippen LogP contribution in [-0.2, 0) is 42.6 Å². The third kappa shape index (κ3) is 5.54. The zero-order valence-corrected chi connectivity index (χ0v) is 21.7. The average molecular weight is 585 g/mol. The van der Waals surface area contributed by atoms with Crippen LogP contribution in [0.15, 0.2) is 16.7 Å². The molecule has 1 aliphatic carbocycles. The number of nitrogens with two attached hydrogens (primary N) is 1. The molecular formula is C19H24N10O8S2. The summed E-state index contributed by atoms with van der Waals surface area (Å²) < 4.78 is 33.6. The second kappa shape index (κ2) is 10.1. The maximum atomic E-state index is 13.2. The van der Waals surface area contributed by atoms with E-state index in [9.17, 15) is 32.5 Å². The molecule has 7 N–H and O–H groups in total. The molecule has 2 aliphatic heterocycles. The number of carboxylic acid groups (broad SMARTS) is 1. The van der Waals surface area contributed by atoms with Crippen molar-refractivity contribution in [3.05, 3.63) is 23.0 Å². The SMILES string of the molecule is Nc1nc(C(=NOC2(C(=O)O)CC2)C(=O)NC2C(=O)N(S(=O)(=O)O)C2Cn2ncc(CNC3CNC3)n2)cs1. The van der Waals surface area contributed by atoms with Gasteiger partial charge in [0.15, 0.2) is 10.8 Å². The number of rotatable bonds is 12. The molecule has 0 radical (unpaired) electrons. The molecule has 3 fully saturated rings. The van der Waals surface area contributed by atoms with E-state index in [0.717, 1.165) is 29.2 Å². The summed E-state index contributed by atoms with van der Waals surface area (Å²) in [7, 11) is -4.97. The number of amides is 2. The summed E-state index contributed by atoms with van der Waals surface area (Å²) in [4.78, 5) is 47.5. The minimum atomic E-state index is -4.97. The lowest BCUT2D eigenvalue weighted by Gasteiger charge is -2.43. The highest BCUT2D eigenvalue weighted by molar-refractivity contribution is 7.84. The van der Waals surface area contributed by atoms with Crippen LogP contribution >= 0.6 is 11.3 Å². The lowest BCUT2D eigenvalue weighted by Crippen LogP contribution is -2.73. The van der Waals surface area contributed by atoms with Gasteiger partial charge in [0.1, 0.15) is 17.8 Å². The molecule has 1 saturated carbocycles. The molecule has 0 spiro atoms. The van der Waals surface area contributed by atoms with Crippen molar-refractivity contribution in [2.24, 2.45) is 5.16 Å². The zero-order chi connectivity index (χ0) is 27.9. The van der Waals surface area contributed by atoms with Crippen LogP contribution < -0.4 is 21.7 Å². The van der Waals surface area contributed by atoms with Crippen molar-refractivity contribution in [1.29, 1.82) is 0 Å². The van der Waals surface area contributed by atoms with Gasteiger partial charge in [0, 0.05) is 43.9 Å². The third-order valence-electron chi connectivity index (χ3n) is 6.38. The molecule has 0 bridgehead atoms. The molecule has 2 unspecified atom stereocenters. The van der Waals surface area contributed by atoms with Crippen molar-refractivity contribution in [3.8, 4) is 0 Å². The quantitative estimate of drug-likeness (QED) is 0.0626. The second-order valence-corrected chi connectivity index (χ2v) is 11.3. The predicted octanol–water partition coefficient (Wildman–Crippen LogP) is -3.09. The minimum Gasteiger partial charge on any atom is -0.478 e. The molecule has 2 atom stereocenters. The van der Waals surface area contributed by atoms with Gasteiger partial charge in [0.25, 0.3) is 11.8 Å². The number of carbonyl (C=O) groups is 3. The standard InChI is InChI=1S/C19H24N10O8S2/c20-18-24-11(8-38-18)13(27-37-19(1-2-19)17(32)33)15(30)25-14-12(29(16(14)31)39(34,35)36)7-28-23-6-10(26-28)5-22-9-3-21-4-9/h6,8-9,12,14,21-22H,1-5,7H2,(H2,20,24)(H,25,30)(H,32,33)(H,34,35,36). The van der Waals surface area contributed by atoms with Crippen LogP contribution in [0.2, 0.25) is 0 Å². The summed E-state index contributed by atoms with van der Waals surface area (Å²) in [5, 5.41) is 31.6. The third-order valence-corrected chi connectivity index (χ3v) is 8.00. The summed E-state index contributed by atoms with van der Waals surface area (Å²) in [6.45, 7) is 1.77. The molecule has 2 aromatic heterocycles. The predicted molar refractivity (Wildman–Crippen MR) is 131 cm³/mol. The zero-order valence-electron chi connectivity index (χ0n) is 20.1. The van der Waals surface area contributed by atoms with Gasteiger partial charge in [-0.1, -0.05) is 5.16 Å². The Balaban J connectivity index is 1.33. The van der Waals surface area contributed by atoms with Crippen LogP contribution in [0.3, 0.4) is 0 Å². The first-order chi connectivity index (χ1) is 18.5. The highest BCUT2D eigenvalue weighted by Crippen LogP contribution is 2.40. The first kappa shape index (κ1) is 26.9. The number of carbonyl (C=O) groups excluding carboxylic acids is 2. The van der Waals surface area contributed by atoms with E-state index in [1.807, 2.05) is 0 Å². The van der Waals surface area contributed by atoms with Gasteiger partial charge >= 0.3 is 16.3 Å². The molecule has 39 heavy (non-hydrogen) atoms. The maximum absolute atomic E-state index is 13.2. The van der Waals surface area contributed by atoms with Crippen LogP contribution in [-0.4, -0.2) is 103 Å². The van der Waals surface area contributed by atoms with Gasteiger partial charge in [0.2, 0.25) is 5.60 Å². The summed E-state index contributed by atoms with van der Waals surface area (Å²) in [6, 6.07) is -2.41. The normalized spacial score (nSPS) is 22.6. The first-order valence-electron chi connectivity index (χ1n) is 11.6. The topological polar surface area (TPSA) is 256 Å². The van der Waals surface area contributed by atoms with Crippen molar-refractivity contribution in [2.75, 3.05) is 18.8 Å². The molecule has 2 amide bonds. The number of nitrogen functional groups attached to an aromatic ring is 1. The highest BCUT2D eigenvalue weighted by Gasteiger charge is 2.56. The Morgan fingerprint density at radius 2 is 2.10 bits per heavy atom. The summed E-state index contributed by atoms with van der Waals surface area (Å²) in [6.07, 6.45) is 1.83. The average Bonchev–Trinajstić information content (AvgIpc) is 3.30. The summed E-state index contributed by atoms with van der Waals surface area (Å²) >= 11 is 0.982. The lowest BCUT2D eigenvalue weighted by atomic mass is 9.98. The number of carboxylic acids is 1. The molecule has 2 saturated heterocycles. The number of nitrogens with zero attached hydrogens (tertiary/aromatic N) is 6. The van der Waals surface area contributed by atoms with E-state index in [1.54, 1.807) is 0 Å². The van der Waals surface area contributed by atoms with Gasteiger partial charge in [-0.3, -0.25) is 14.1 Å². The first-order valence-corrected chi connectivity index (χ1v) is 13.9. The van der Waals surface area contributed by atoms with Crippen molar-refractivity contribution in [2.45, 2.75) is 49.7 Å². The second-order valence-electron chi connectivity index (χ2n) is 9.16. The van der Waals surface area contributed by atoms with Crippen molar-refractivity contribution >= 4 is 50.3 Å². The Morgan fingerprint density at radius 3 is 2.67 bits per heavy atom. The van der Waals surface area contributed by atoms with Crippen LogP contribution in [0, 0.1) is 0 Å². The smallest absolute Gasteiger partial charge is 0.362 e. The van der Waals surface area contributed by atoms with E-state index < -0.39 is 51.5 Å². The molecule has 18 nitrogen and oxygen atoms in total. The van der Waals surface area contributed by atoms with Gasteiger partial charge in [-0.25, -0.2) is 14.1 Å². The molecule has 4 heterocycles. The fraction of sp³-hybridized carbons (Fsp3) is 0.526. The Morgan fingerprint density at radius 1 is 1.36 bits per heavy atom. The Bertz CT molecular complexity index is 1430. The lowest BCUT2D eigenvalue weighted by molar-refractivity contribution is -0.153. The van der Waals surface area contributed by atoms with E-state index in [4.69, 9.17) is 10.6 Å². The largest absolute Gasteiger partial charge is 0.478 e. The number of anilines is 1. The van der Waals surface area contributed by atoms with Crippen LogP contribution in [0.25, 0.3) is 0 Å². The number of hydrogen-bond acceptors (Lipinski definition) is 14. The van der Waals surface area contributed by atoms with Gasteiger partial charge in [-0.2, -0.15) is 23.4 Å². The molecule has 0 aromatic carbocycles. The fourth-order valence-electron chi connectivity index (χ4n) is 3.89. The number of β-lactam (4-membered cyclic amide) rings is 1. The molecule has 20 heteroatoms. The van der Waals surface area contributed by atoms with E-state index in [1.165, 1.54) is 11.6 Å². The number of thiazole rings is 1. The summed E-state index contributed by atoms with van der Waals surface area (Å²) in [5.74, 6) is -3.37. The molecule has 3 aliphatic rings. The van der Waals surface area contributed by atoms with Gasteiger partial charge in [0.05, 0.1) is 18.4 Å². The number of nitrogens with one attached hydrogen (secondary N) is 3. The van der Waals surface area contributed by atoms with E-state index in [0.29, 0.717) is 18.3 Å². The van der Waals surface area contributed by atoms with Crippen LogP contribution in [0.5, 0.6) is 0 Å². The van der Waals surface area contributed by atoms with Gasteiger partial charge < -0.3 is 31.6 Å². The van der Waals surface area contributed by atoms with Crippen molar-refractivity contribution in [1.82, 2.24) is 40.2 Å². The Kier molecular flexibility index (Phi) is 6.97. The Labute approximate surface area is 224 Å². The number of hydrogen-bond donors (Lipinski definition) is 6. The minimum absolute atomic E-state index is 0.0429. The summed E-state index contributed by atoms with van der Waals surface area (Å²) in [5.41, 5.74) is 4.13. The van der Waals surface area contributed by atoms with Gasteiger partial charge in [-0.05, 0) is 0 Å². The monoisotopic (exact) mass is 584 g/mol. The fourth-order valence-corrected chi connectivity index (χ4v) is 5.31. The van der Waals surface area contributed by atoms with E-state index in [2.05, 4.69) is 36.3 Å². The maximum Gasteiger partial charge on any atom is 0.362 e. The number of aromatic nitrogens is 4. The molecule has 210 valence electrons. The molecular weight excluding hydrogens is 560 g/mol. The number of aliphatic carboxylic acids is 1. The van der Waals surface area contributed by atoms with Crippen molar-refractivity contribution in [3.63, 3.8) is 0 Å². The highest BCUT2D eigenvalue weighted by atomic mass is 32.2. The molecule has 5 rings (SSSR count). The van der Waals surface area contributed by atoms with Crippen LogP contribution in [0.1, 0.15) is 24.2 Å². The molecule has 2 aromatic rings. The van der Waals surface area contributed by atoms with Gasteiger partial charge in [-0.15, -0.1) is 11.3 Å².